The maximum Gasteiger partial charge on any atom is 0.258 e. The molecule has 0 aromatic carbocycles. The van der Waals surface area contributed by atoms with E-state index < -0.39 is 0 Å². The number of fused-ring (bicyclic) bond motifs is 1. The van der Waals surface area contributed by atoms with Crippen LogP contribution in [0.2, 0.25) is 0 Å². The molecule has 154 valence electrons. The molecule has 0 saturated carbocycles. The van der Waals surface area contributed by atoms with Crippen molar-refractivity contribution in [2.45, 2.75) is 26.3 Å². The fourth-order valence-corrected chi connectivity index (χ4v) is 4.01. The number of thiazole rings is 1. The summed E-state index contributed by atoms with van der Waals surface area (Å²) in [6.45, 7) is 8.25. The Morgan fingerprint density at radius 1 is 1.10 bits per heavy atom. The van der Waals surface area contributed by atoms with Crippen molar-refractivity contribution in [1.82, 2.24) is 29.2 Å². The summed E-state index contributed by atoms with van der Waals surface area (Å²) in [7, 11) is 3.89. The third-order valence-electron chi connectivity index (χ3n) is 4.94. The second-order valence-corrected chi connectivity index (χ2v) is 8.62. The van der Waals surface area contributed by atoms with Gasteiger partial charge in [-0.1, -0.05) is 13.8 Å². The van der Waals surface area contributed by atoms with Crippen LogP contribution in [0.1, 0.15) is 31.3 Å². The molecule has 0 unspecified atom stereocenters. The number of hydrogen-bond donors (Lipinski definition) is 0. The van der Waals surface area contributed by atoms with Gasteiger partial charge >= 0.3 is 0 Å². The van der Waals surface area contributed by atoms with Crippen molar-refractivity contribution in [3.63, 3.8) is 0 Å². The first kappa shape index (κ1) is 19.7. The van der Waals surface area contributed by atoms with Crippen molar-refractivity contribution in [1.29, 1.82) is 0 Å². The molecule has 0 atom stereocenters. The third-order valence-corrected chi connectivity index (χ3v) is 5.70. The minimum Gasteiger partial charge on any atom is -0.347 e. The van der Waals surface area contributed by atoms with E-state index in [9.17, 15) is 4.79 Å². The van der Waals surface area contributed by atoms with Crippen molar-refractivity contribution in [3.8, 4) is 0 Å². The summed E-state index contributed by atoms with van der Waals surface area (Å²) in [5.74, 6) is 2.49. The second-order valence-electron chi connectivity index (χ2n) is 7.75. The van der Waals surface area contributed by atoms with E-state index in [1.165, 1.54) is 11.3 Å². The summed E-state index contributed by atoms with van der Waals surface area (Å²) in [5.41, 5.74) is 0.801. The zero-order valence-electron chi connectivity index (χ0n) is 17.2. The summed E-state index contributed by atoms with van der Waals surface area (Å²) in [5, 5.41) is 1.88. The van der Waals surface area contributed by atoms with Gasteiger partial charge < -0.3 is 9.80 Å². The lowest BCUT2D eigenvalue weighted by Crippen LogP contribution is -2.47. The lowest BCUT2D eigenvalue weighted by molar-refractivity contribution is 0.246. The Bertz CT molecular complexity index is 1030. The highest BCUT2D eigenvalue weighted by Gasteiger charge is 2.22. The summed E-state index contributed by atoms with van der Waals surface area (Å²) < 4.78 is 1.58. The highest BCUT2D eigenvalue weighted by molar-refractivity contribution is 7.15. The average Bonchev–Trinajstić information content (AvgIpc) is 3.17. The Labute approximate surface area is 173 Å². The first-order valence-corrected chi connectivity index (χ1v) is 10.6. The molecule has 1 saturated heterocycles. The molecule has 0 radical (unpaired) electrons. The average molecular weight is 415 g/mol. The Hall–Kier alpha value is -2.59. The molecule has 4 rings (SSSR count). The van der Waals surface area contributed by atoms with E-state index in [4.69, 9.17) is 4.98 Å². The van der Waals surface area contributed by atoms with Crippen LogP contribution in [0.3, 0.4) is 0 Å². The molecule has 1 aliphatic rings. The lowest BCUT2D eigenvalue weighted by atomic mass is 10.2. The minimum atomic E-state index is -0.0208. The SMILES string of the molecule is CC(C)c1nc(N(C)C)nc(N2CCN(Cc3cc(=O)n4ccsc4n3)CC2)n1. The third kappa shape index (κ3) is 4.23. The molecule has 9 nitrogen and oxygen atoms in total. The van der Waals surface area contributed by atoms with Gasteiger partial charge in [-0.05, 0) is 0 Å². The van der Waals surface area contributed by atoms with Crippen LogP contribution in [0.25, 0.3) is 4.96 Å². The van der Waals surface area contributed by atoms with E-state index >= 15 is 0 Å². The molecule has 3 aromatic heterocycles. The van der Waals surface area contributed by atoms with E-state index in [0.29, 0.717) is 12.5 Å². The lowest BCUT2D eigenvalue weighted by Gasteiger charge is -2.34. The van der Waals surface area contributed by atoms with Crippen LogP contribution in [-0.4, -0.2) is 69.5 Å². The van der Waals surface area contributed by atoms with Crippen molar-refractivity contribution in [3.05, 3.63) is 39.5 Å². The molecular weight excluding hydrogens is 388 g/mol. The second kappa shape index (κ2) is 8.03. The fraction of sp³-hybridized carbons (Fsp3) is 0.526. The van der Waals surface area contributed by atoms with Crippen molar-refractivity contribution >= 4 is 28.2 Å². The number of rotatable bonds is 5. The molecule has 0 N–H and O–H groups in total. The predicted molar refractivity (Wildman–Crippen MR) is 115 cm³/mol. The number of aromatic nitrogens is 5. The van der Waals surface area contributed by atoms with Crippen molar-refractivity contribution < 1.29 is 0 Å². The number of anilines is 2. The molecule has 0 bridgehead atoms. The van der Waals surface area contributed by atoms with Gasteiger partial charge in [-0.2, -0.15) is 15.0 Å². The molecule has 0 spiro atoms. The molecule has 0 aliphatic carbocycles. The van der Waals surface area contributed by atoms with Crippen molar-refractivity contribution in [2.75, 3.05) is 50.1 Å². The van der Waals surface area contributed by atoms with Crippen LogP contribution < -0.4 is 15.4 Å². The van der Waals surface area contributed by atoms with Crippen LogP contribution >= 0.6 is 11.3 Å². The topological polar surface area (TPSA) is 82.8 Å². The maximum absolute atomic E-state index is 12.2. The van der Waals surface area contributed by atoms with Gasteiger partial charge in [0.25, 0.3) is 5.56 Å². The van der Waals surface area contributed by atoms with E-state index in [0.717, 1.165) is 48.6 Å². The summed E-state index contributed by atoms with van der Waals surface area (Å²) in [6.07, 6.45) is 1.76. The van der Waals surface area contributed by atoms with Crippen LogP contribution in [0.4, 0.5) is 11.9 Å². The molecular formula is C19H26N8OS. The maximum atomic E-state index is 12.2. The normalized spacial score (nSPS) is 15.4. The van der Waals surface area contributed by atoms with Gasteiger partial charge in [-0.15, -0.1) is 11.3 Å². The molecule has 0 amide bonds. The largest absolute Gasteiger partial charge is 0.347 e. The van der Waals surface area contributed by atoms with Crippen LogP contribution in [-0.2, 0) is 6.54 Å². The fourth-order valence-electron chi connectivity index (χ4n) is 3.27. The molecule has 29 heavy (non-hydrogen) atoms. The summed E-state index contributed by atoms with van der Waals surface area (Å²) >= 11 is 1.48. The number of nitrogens with zero attached hydrogens (tertiary/aromatic N) is 8. The van der Waals surface area contributed by atoms with Crippen LogP contribution in [0.15, 0.2) is 22.4 Å². The Balaban J connectivity index is 1.45. The van der Waals surface area contributed by atoms with Gasteiger partial charge in [0, 0.05) is 70.4 Å². The van der Waals surface area contributed by atoms with E-state index in [1.807, 2.05) is 24.4 Å². The number of hydrogen-bond acceptors (Lipinski definition) is 9. The van der Waals surface area contributed by atoms with Gasteiger partial charge in [0.1, 0.15) is 5.82 Å². The molecule has 1 fully saturated rings. The molecule has 10 heteroatoms. The summed E-state index contributed by atoms with van der Waals surface area (Å²) in [6, 6.07) is 1.64. The zero-order chi connectivity index (χ0) is 20.5. The number of piperazine rings is 1. The monoisotopic (exact) mass is 414 g/mol. The van der Waals surface area contributed by atoms with E-state index in [1.54, 1.807) is 16.7 Å². The molecule has 4 heterocycles. The van der Waals surface area contributed by atoms with Crippen LogP contribution in [0, 0.1) is 0 Å². The van der Waals surface area contributed by atoms with E-state index in [2.05, 4.69) is 38.6 Å². The van der Waals surface area contributed by atoms with Gasteiger partial charge in [0.2, 0.25) is 11.9 Å². The highest BCUT2D eigenvalue weighted by Crippen LogP contribution is 2.19. The highest BCUT2D eigenvalue weighted by atomic mass is 32.1. The Morgan fingerprint density at radius 2 is 1.86 bits per heavy atom. The molecule has 1 aliphatic heterocycles. The quantitative estimate of drug-likeness (QED) is 0.620. The first-order chi connectivity index (χ1) is 13.9. The summed E-state index contributed by atoms with van der Waals surface area (Å²) in [4.78, 5) is 37.9. The predicted octanol–water partition coefficient (Wildman–Crippen LogP) is 1.45. The van der Waals surface area contributed by atoms with Gasteiger partial charge in [-0.25, -0.2) is 4.98 Å². The minimum absolute atomic E-state index is 0.0208. The van der Waals surface area contributed by atoms with E-state index in [-0.39, 0.29) is 11.5 Å². The standard InChI is InChI=1S/C19H26N8OS/c1-13(2)16-21-17(24(3)4)23-18(22-16)26-7-5-25(6-8-26)12-14-11-15(28)27-9-10-29-19(27)20-14/h9-11,13H,5-8,12H2,1-4H3. The Morgan fingerprint density at radius 3 is 2.55 bits per heavy atom. The smallest absolute Gasteiger partial charge is 0.258 e. The zero-order valence-corrected chi connectivity index (χ0v) is 18.1. The Kier molecular flexibility index (Phi) is 5.46. The molecule has 3 aromatic rings. The van der Waals surface area contributed by atoms with Gasteiger partial charge in [0.15, 0.2) is 4.96 Å². The van der Waals surface area contributed by atoms with Gasteiger partial charge in [-0.3, -0.25) is 14.1 Å². The van der Waals surface area contributed by atoms with Crippen molar-refractivity contribution in [2.24, 2.45) is 0 Å². The van der Waals surface area contributed by atoms with Crippen LogP contribution in [0.5, 0.6) is 0 Å². The first-order valence-electron chi connectivity index (χ1n) is 9.77. The van der Waals surface area contributed by atoms with Gasteiger partial charge in [0.05, 0.1) is 5.69 Å².